The molecule has 1 saturated heterocycles. The Bertz CT molecular complexity index is 1020. The van der Waals surface area contributed by atoms with Crippen LogP contribution in [0.2, 0.25) is 5.02 Å². The second kappa shape index (κ2) is 8.32. The predicted molar refractivity (Wildman–Crippen MR) is 107 cm³/mol. The molecule has 8 nitrogen and oxygen atoms in total. The van der Waals surface area contributed by atoms with Gasteiger partial charge in [0.25, 0.3) is 0 Å². The predicted octanol–water partition coefficient (Wildman–Crippen LogP) is 2.95. The summed E-state index contributed by atoms with van der Waals surface area (Å²) in [7, 11) is 0. The fourth-order valence-electron chi connectivity index (χ4n) is 3.05. The van der Waals surface area contributed by atoms with Crippen LogP contribution in [0.25, 0.3) is 11.4 Å². The number of carbonyl (C=O) groups is 2. The third-order valence-corrected chi connectivity index (χ3v) is 4.72. The van der Waals surface area contributed by atoms with Gasteiger partial charge in [-0.15, -0.1) is 0 Å². The molecular formula is C20H18ClN5O3. The maximum Gasteiger partial charge on any atom is 0.325 e. The Balaban J connectivity index is 1.30. The van der Waals surface area contributed by atoms with Gasteiger partial charge in [-0.3, -0.25) is 9.69 Å². The van der Waals surface area contributed by atoms with Crippen molar-refractivity contribution < 1.29 is 14.1 Å². The zero-order chi connectivity index (χ0) is 20.2. The van der Waals surface area contributed by atoms with Crippen LogP contribution in [0.4, 0.5) is 10.5 Å². The van der Waals surface area contributed by atoms with Gasteiger partial charge in [-0.2, -0.15) is 4.98 Å². The Morgan fingerprint density at radius 2 is 1.97 bits per heavy atom. The van der Waals surface area contributed by atoms with Gasteiger partial charge in [0.1, 0.15) is 6.54 Å². The summed E-state index contributed by atoms with van der Waals surface area (Å²) in [6.07, 6.45) is 0. The molecule has 0 atom stereocenters. The smallest absolute Gasteiger partial charge is 0.325 e. The van der Waals surface area contributed by atoms with E-state index in [1.54, 1.807) is 23.1 Å². The molecule has 1 aliphatic heterocycles. The highest BCUT2D eigenvalue weighted by Gasteiger charge is 2.30. The molecule has 2 heterocycles. The number of amides is 3. The summed E-state index contributed by atoms with van der Waals surface area (Å²) in [4.78, 5) is 32.2. The first-order valence-electron chi connectivity index (χ1n) is 9.07. The number of anilines is 1. The molecule has 0 radical (unpaired) electrons. The quantitative estimate of drug-likeness (QED) is 0.673. The van der Waals surface area contributed by atoms with Crippen molar-refractivity contribution in [2.24, 2.45) is 0 Å². The lowest BCUT2D eigenvalue weighted by atomic mass is 10.2. The van der Waals surface area contributed by atoms with Gasteiger partial charge in [-0.1, -0.05) is 53.2 Å². The minimum absolute atomic E-state index is 0.0461. The van der Waals surface area contributed by atoms with Gasteiger partial charge in [0.15, 0.2) is 0 Å². The molecule has 4 rings (SSSR count). The van der Waals surface area contributed by atoms with E-state index < -0.39 is 0 Å². The summed E-state index contributed by atoms with van der Waals surface area (Å²) in [5, 5.41) is 7.17. The van der Waals surface area contributed by atoms with E-state index in [-0.39, 0.29) is 25.0 Å². The number of nitrogens with one attached hydrogen (secondary N) is 1. The number of hydrogen-bond acceptors (Lipinski definition) is 5. The van der Waals surface area contributed by atoms with Gasteiger partial charge in [0.05, 0.1) is 6.54 Å². The summed E-state index contributed by atoms with van der Waals surface area (Å²) >= 11 is 6.00. The molecule has 3 amide bonds. The summed E-state index contributed by atoms with van der Waals surface area (Å²) < 4.78 is 5.17. The van der Waals surface area contributed by atoms with Crippen molar-refractivity contribution in [3.63, 3.8) is 0 Å². The largest absolute Gasteiger partial charge is 0.345 e. The molecule has 1 aromatic heterocycles. The molecule has 1 aliphatic rings. The van der Waals surface area contributed by atoms with E-state index in [1.807, 2.05) is 36.4 Å². The Morgan fingerprint density at radius 3 is 2.76 bits per heavy atom. The third kappa shape index (κ3) is 4.38. The van der Waals surface area contributed by atoms with Crippen LogP contribution < -0.4 is 10.2 Å². The van der Waals surface area contributed by atoms with E-state index >= 15 is 0 Å². The highest BCUT2D eigenvalue weighted by atomic mass is 35.5. The van der Waals surface area contributed by atoms with Crippen LogP contribution in [0.5, 0.6) is 0 Å². The van der Waals surface area contributed by atoms with Gasteiger partial charge in [0, 0.05) is 29.4 Å². The Kier molecular flexibility index (Phi) is 5.44. The number of benzene rings is 2. The van der Waals surface area contributed by atoms with E-state index in [1.165, 1.54) is 4.90 Å². The number of hydrogen-bond donors (Lipinski definition) is 1. The van der Waals surface area contributed by atoms with Gasteiger partial charge in [0.2, 0.25) is 17.6 Å². The van der Waals surface area contributed by atoms with Crippen molar-refractivity contribution >= 4 is 29.2 Å². The van der Waals surface area contributed by atoms with Crippen molar-refractivity contribution in [1.29, 1.82) is 0 Å². The molecule has 0 aliphatic carbocycles. The minimum atomic E-state index is -0.300. The number of aromatic nitrogens is 2. The lowest BCUT2D eigenvalue weighted by Gasteiger charge is -2.18. The first-order chi connectivity index (χ1) is 14.1. The van der Waals surface area contributed by atoms with E-state index in [9.17, 15) is 9.59 Å². The van der Waals surface area contributed by atoms with Gasteiger partial charge in [-0.25, -0.2) is 4.79 Å². The van der Waals surface area contributed by atoms with Crippen LogP contribution in [0, 0.1) is 0 Å². The standard InChI is InChI=1S/C20H18ClN5O3/c21-15-7-4-8-16(11-15)26-10-9-25(20(26)28)13-17(27)22-12-18-23-19(24-29-18)14-5-2-1-3-6-14/h1-8,11H,9-10,12-13H2,(H,22,27). The van der Waals surface area contributed by atoms with Gasteiger partial charge >= 0.3 is 6.03 Å². The molecule has 3 aromatic rings. The Morgan fingerprint density at radius 1 is 1.14 bits per heavy atom. The van der Waals surface area contributed by atoms with E-state index in [0.717, 1.165) is 5.56 Å². The van der Waals surface area contributed by atoms with Crippen molar-refractivity contribution in [3.8, 4) is 11.4 Å². The third-order valence-electron chi connectivity index (χ3n) is 4.49. The molecule has 2 aromatic carbocycles. The molecule has 148 valence electrons. The minimum Gasteiger partial charge on any atom is -0.345 e. The van der Waals surface area contributed by atoms with Crippen molar-refractivity contribution in [2.45, 2.75) is 6.54 Å². The summed E-state index contributed by atoms with van der Waals surface area (Å²) in [6.45, 7) is 1.00. The molecular weight excluding hydrogens is 394 g/mol. The lowest BCUT2D eigenvalue weighted by Crippen LogP contribution is -2.39. The number of nitrogens with zero attached hydrogens (tertiary/aromatic N) is 4. The average Bonchev–Trinajstić information content (AvgIpc) is 3.35. The Labute approximate surface area is 172 Å². The molecule has 1 N–H and O–H groups in total. The van der Waals surface area contributed by atoms with Crippen molar-refractivity contribution in [1.82, 2.24) is 20.4 Å². The van der Waals surface area contributed by atoms with Crippen LogP contribution in [-0.4, -0.2) is 46.6 Å². The highest BCUT2D eigenvalue weighted by molar-refractivity contribution is 6.30. The molecule has 0 unspecified atom stereocenters. The van der Waals surface area contributed by atoms with E-state index in [2.05, 4.69) is 15.5 Å². The first kappa shape index (κ1) is 18.9. The van der Waals surface area contributed by atoms with Crippen LogP contribution >= 0.6 is 11.6 Å². The lowest BCUT2D eigenvalue weighted by molar-refractivity contribution is -0.121. The number of carbonyl (C=O) groups excluding carboxylic acids is 2. The fourth-order valence-corrected chi connectivity index (χ4v) is 3.23. The van der Waals surface area contributed by atoms with Crippen LogP contribution in [0.15, 0.2) is 59.1 Å². The van der Waals surface area contributed by atoms with E-state index in [4.69, 9.17) is 16.1 Å². The molecule has 9 heteroatoms. The molecule has 0 saturated carbocycles. The average molecular weight is 412 g/mol. The van der Waals surface area contributed by atoms with Gasteiger partial charge < -0.3 is 14.7 Å². The number of halogens is 1. The number of rotatable bonds is 6. The second-order valence-electron chi connectivity index (χ2n) is 6.49. The second-order valence-corrected chi connectivity index (χ2v) is 6.93. The first-order valence-corrected chi connectivity index (χ1v) is 9.44. The molecule has 0 bridgehead atoms. The normalized spacial score (nSPS) is 13.8. The van der Waals surface area contributed by atoms with Crippen LogP contribution in [0.3, 0.4) is 0 Å². The fraction of sp³-hybridized carbons (Fsp3) is 0.200. The summed E-state index contributed by atoms with van der Waals surface area (Å²) in [5.74, 6) is 0.456. The summed E-state index contributed by atoms with van der Waals surface area (Å²) in [6, 6.07) is 16.3. The molecule has 29 heavy (non-hydrogen) atoms. The van der Waals surface area contributed by atoms with Crippen molar-refractivity contribution in [2.75, 3.05) is 24.5 Å². The SMILES string of the molecule is O=C(CN1CCN(c2cccc(Cl)c2)C1=O)NCc1nc(-c2ccccc2)no1. The monoisotopic (exact) mass is 411 g/mol. The van der Waals surface area contributed by atoms with E-state index in [0.29, 0.717) is 35.5 Å². The Hall–Kier alpha value is -3.39. The van der Waals surface area contributed by atoms with Crippen LogP contribution in [-0.2, 0) is 11.3 Å². The maximum absolute atomic E-state index is 12.6. The summed E-state index contributed by atoms with van der Waals surface area (Å²) in [5.41, 5.74) is 1.54. The zero-order valence-corrected chi connectivity index (χ0v) is 16.2. The molecule has 0 spiro atoms. The maximum atomic E-state index is 12.6. The van der Waals surface area contributed by atoms with Crippen molar-refractivity contribution in [3.05, 3.63) is 65.5 Å². The van der Waals surface area contributed by atoms with Crippen LogP contribution in [0.1, 0.15) is 5.89 Å². The molecule has 1 fully saturated rings. The number of urea groups is 1. The highest BCUT2D eigenvalue weighted by Crippen LogP contribution is 2.23. The van der Waals surface area contributed by atoms with Gasteiger partial charge in [-0.05, 0) is 18.2 Å². The topological polar surface area (TPSA) is 91.6 Å². The zero-order valence-electron chi connectivity index (χ0n) is 15.4.